The third kappa shape index (κ3) is 5.93. The lowest BCUT2D eigenvalue weighted by atomic mass is 9.94. The van der Waals surface area contributed by atoms with E-state index in [0.29, 0.717) is 11.3 Å². The quantitative estimate of drug-likeness (QED) is 0.221. The summed E-state index contributed by atoms with van der Waals surface area (Å²) in [6.45, 7) is 12.5. The Balaban J connectivity index is 1.87. The lowest BCUT2D eigenvalue weighted by Gasteiger charge is -2.28. The number of hydrogen-bond donors (Lipinski definition) is 2. The van der Waals surface area contributed by atoms with E-state index in [0.717, 1.165) is 38.6 Å². The Morgan fingerprint density at radius 3 is 2.38 bits per heavy atom. The number of allylic oxidation sites excluding steroid dienone is 1. The lowest BCUT2D eigenvalue weighted by Crippen LogP contribution is -2.41. The summed E-state index contributed by atoms with van der Waals surface area (Å²) in [5.41, 5.74) is 0.410. The zero-order valence-corrected chi connectivity index (χ0v) is 24.0. The molecule has 9 heteroatoms. The van der Waals surface area contributed by atoms with Crippen molar-refractivity contribution >= 4 is 38.4 Å². The highest BCUT2D eigenvalue weighted by Crippen LogP contribution is 2.42. The van der Waals surface area contributed by atoms with Crippen LogP contribution in [0.25, 0.3) is 26.9 Å². The van der Waals surface area contributed by atoms with Crippen LogP contribution in [0.2, 0.25) is 0 Å². The van der Waals surface area contributed by atoms with Crippen molar-refractivity contribution in [1.82, 2.24) is 9.71 Å². The van der Waals surface area contributed by atoms with Crippen molar-refractivity contribution in [2.45, 2.75) is 57.2 Å². The highest BCUT2D eigenvalue weighted by atomic mass is 32.2. The molecule has 0 aliphatic carbocycles. The Kier molecular flexibility index (Phi) is 8.04. The van der Waals surface area contributed by atoms with Crippen molar-refractivity contribution in [1.29, 1.82) is 0 Å². The van der Waals surface area contributed by atoms with Gasteiger partial charge in [-0.25, -0.2) is 0 Å². The van der Waals surface area contributed by atoms with Gasteiger partial charge < -0.3 is 9.66 Å². The summed E-state index contributed by atoms with van der Waals surface area (Å²) in [4.78, 5) is 5.23. The molecular formula is C30H31F3N2O2S2. The average molecular weight is 573 g/mol. The van der Waals surface area contributed by atoms with Crippen LogP contribution < -0.4 is 4.72 Å². The molecular weight excluding hydrogens is 541 g/mol. The molecule has 0 saturated heterocycles. The maximum absolute atomic E-state index is 13.5. The summed E-state index contributed by atoms with van der Waals surface area (Å²) >= 11 is 0.0681. The molecule has 2 aromatic carbocycles. The van der Waals surface area contributed by atoms with Gasteiger partial charge in [-0.3, -0.25) is 4.98 Å². The van der Waals surface area contributed by atoms with E-state index in [2.05, 4.69) is 16.3 Å². The Hall–Kier alpha value is -2.69. The molecule has 2 N–H and O–H groups in total. The van der Waals surface area contributed by atoms with Crippen molar-refractivity contribution in [3.8, 4) is 11.3 Å². The molecule has 4 nitrogen and oxygen atoms in total. The third-order valence-electron chi connectivity index (χ3n) is 6.51. The van der Waals surface area contributed by atoms with Gasteiger partial charge in [0.15, 0.2) is 5.60 Å². The highest BCUT2D eigenvalue weighted by Gasteiger charge is 2.51. The molecule has 0 amide bonds. The van der Waals surface area contributed by atoms with Crippen molar-refractivity contribution in [3.05, 3.63) is 95.0 Å². The number of nitrogens with zero attached hydrogens (tertiary/aromatic N) is 1. The second kappa shape index (κ2) is 10.7. The monoisotopic (exact) mass is 572 g/mol. The summed E-state index contributed by atoms with van der Waals surface area (Å²) in [5.74, 6) is 0. The number of pyridine rings is 1. The number of benzene rings is 2. The number of alkyl halides is 3. The Labute approximate surface area is 233 Å². The van der Waals surface area contributed by atoms with E-state index in [-0.39, 0.29) is 5.56 Å². The van der Waals surface area contributed by atoms with Crippen LogP contribution in [0.5, 0.6) is 0 Å². The fourth-order valence-electron chi connectivity index (χ4n) is 4.17. The molecule has 2 aromatic heterocycles. The summed E-state index contributed by atoms with van der Waals surface area (Å²) in [5, 5.41) is 11.1. The number of fused-ring (bicyclic) bond motifs is 1. The number of aliphatic hydroxyl groups is 1. The molecule has 39 heavy (non-hydrogen) atoms. The van der Waals surface area contributed by atoms with Crippen LogP contribution in [0.4, 0.5) is 13.2 Å². The van der Waals surface area contributed by atoms with Crippen LogP contribution in [0, 0.1) is 0 Å². The molecule has 0 spiro atoms. The maximum Gasteiger partial charge on any atom is 0.421 e. The fraction of sp³-hybridized carbons (Fsp3) is 0.300. The number of aromatic nitrogens is 1. The minimum Gasteiger partial charge on any atom is -0.598 e. The number of thiophene rings is 1. The van der Waals surface area contributed by atoms with Crippen LogP contribution in [0.15, 0.2) is 73.4 Å². The summed E-state index contributed by atoms with van der Waals surface area (Å²) in [7, 11) is 0. The van der Waals surface area contributed by atoms with Crippen molar-refractivity contribution in [3.63, 3.8) is 0 Å². The van der Waals surface area contributed by atoms with E-state index in [1.54, 1.807) is 6.07 Å². The predicted octanol–water partition coefficient (Wildman–Crippen LogP) is 7.91. The zero-order valence-electron chi connectivity index (χ0n) is 22.4. The standard InChI is InChI=1S/C30H31F3N2O2S2/c1-18(2)21-11-7-8-12-22(21)26(35-39(37)28(3,4)5)25-16-19-10-9-13-23(27(19)38-25)24-17-20(14-15-34-24)29(6,36)30(31,32)33/h7-17,26,35-36H,1H2,2-6H3/t26?,29-,39?/m1/s1. The van der Waals surface area contributed by atoms with Crippen LogP contribution >= 0.6 is 11.3 Å². The largest absolute Gasteiger partial charge is 0.598 e. The minimum atomic E-state index is -4.84. The van der Waals surface area contributed by atoms with Crippen molar-refractivity contribution < 1.29 is 22.8 Å². The first kappa shape index (κ1) is 29.3. The smallest absolute Gasteiger partial charge is 0.421 e. The van der Waals surface area contributed by atoms with E-state index in [1.165, 1.54) is 29.7 Å². The van der Waals surface area contributed by atoms with Gasteiger partial charge >= 0.3 is 6.18 Å². The van der Waals surface area contributed by atoms with Gasteiger partial charge in [0.05, 0.1) is 5.69 Å². The third-order valence-corrected chi connectivity index (χ3v) is 9.32. The molecule has 0 aliphatic rings. The second-order valence-corrected chi connectivity index (χ2v) is 13.8. The zero-order chi connectivity index (χ0) is 28.8. The Bertz CT molecular complexity index is 1510. The van der Waals surface area contributed by atoms with E-state index in [9.17, 15) is 22.8 Å². The first-order valence-corrected chi connectivity index (χ1v) is 14.3. The van der Waals surface area contributed by atoms with E-state index < -0.39 is 33.9 Å². The van der Waals surface area contributed by atoms with Gasteiger partial charge in [-0.1, -0.05) is 54.6 Å². The molecule has 4 rings (SSSR count). The minimum absolute atomic E-state index is 0.288. The number of halogens is 3. The van der Waals surface area contributed by atoms with Gasteiger partial charge in [-0.15, -0.1) is 16.1 Å². The normalized spacial score (nSPS) is 15.6. The van der Waals surface area contributed by atoms with Gasteiger partial charge in [0.25, 0.3) is 0 Å². The van der Waals surface area contributed by atoms with Gasteiger partial charge in [-0.2, -0.15) is 13.2 Å². The predicted molar refractivity (Wildman–Crippen MR) is 155 cm³/mol. The second-order valence-electron chi connectivity index (χ2n) is 10.7. The van der Waals surface area contributed by atoms with Gasteiger partial charge in [0.1, 0.15) is 10.8 Å². The molecule has 206 valence electrons. The van der Waals surface area contributed by atoms with Crippen molar-refractivity contribution in [2.75, 3.05) is 0 Å². The molecule has 2 unspecified atom stereocenters. The molecule has 0 radical (unpaired) electrons. The Morgan fingerprint density at radius 2 is 1.74 bits per heavy atom. The van der Waals surface area contributed by atoms with Crippen molar-refractivity contribution in [2.24, 2.45) is 0 Å². The van der Waals surface area contributed by atoms with Crippen LogP contribution in [-0.4, -0.2) is 25.6 Å². The molecule has 4 aromatic rings. The fourth-order valence-corrected chi connectivity index (χ4v) is 6.32. The first-order valence-electron chi connectivity index (χ1n) is 12.3. The Morgan fingerprint density at radius 1 is 1.05 bits per heavy atom. The molecule has 2 heterocycles. The molecule has 3 atom stereocenters. The number of nitrogens with one attached hydrogen (secondary N) is 1. The maximum atomic E-state index is 13.5. The van der Waals surface area contributed by atoms with Crippen LogP contribution in [-0.2, 0) is 17.0 Å². The van der Waals surface area contributed by atoms with Crippen LogP contribution in [0.1, 0.15) is 62.2 Å². The summed E-state index contributed by atoms with van der Waals surface area (Å²) < 4.78 is 57.5. The highest BCUT2D eigenvalue weighted by molar-refractivity contribution is 7.90. The van der Waals surface area contributed by atoms with Crippen LogP contribution in [0.3, 0.4) is 0 Å². The summed E-state index contributed by atoms with van der Waals surface area (Å²) in [6.07, 6.45) is -3.57. The number of hydrogen-bond acceptors (Lipinski definition) is 5. The first-order chi connectivity index (χ1) is 18.1. The van der Waals surface area contributed by atoms with E-state index >= 15 is 0 Å². The summed E-state index contributed by atoms with van der Waals surface area (Å²) in [6, 6.07) is 17.4. The topological polar surface area (TPSA) is 68.2 Å². The van der Waals surface area contributed by atoms with Gasteiger partial charge in [0, 0.05) is 32.7 Å². The van der Waals surface area contributed by atoms with Gasteiger partial charge in [-0.05, 0) is 74.9 Å². The van der Waals surface area contributed by atoms with Gasteiger partial charge in [0.2, 0.25) is 0 Å². The average Bonchev–Trinajstić information content (AvgIpc) is 3.30. The number of rotatable bonds is 7. The molecule has 0 saturated carbocycles. The lowest BCUT2D eigenvalue weighted by molar-refractivity contribution is -0.258. The molecule has 0 fully saturated rings. The van der Waals surface area contributed by atoms with E-state index in [4.69, 9.17) is 0 Å². The SMILES string of the molecule is C=C(C)c1ccccc1C(N[S+]([O-])C(C)(C)C)c1cc2cccc(-c3cc([C@@](C)(O)C(F)(F)F)ccn3)c2s1. The molecule has 0 bridgehead atoms. The van der Waals surface area contributed by atoms with E-state index in [1.807, 2.05) is 70.2 Å². The molecule has 0 aliphatic heterocycles.